The van der Waals surface area contributed by atoms with Crippen molar-refractivity contribution < 1.29 is 23.9 Å². The van der Waals surface area contributed by atoms with E-state index in [1.807, 2.05) is 30.3 Å². The van der Waals surface area contributed by atoms with Crippen molar-refractivity contribution in [2.45, 2.75) is 19.6 Å². The SMILES string of the molecule is COC(=O)c1ccc(COc2ccc([C@@H]3NC(=O)NC(C)=C3C(=O)c3ccccc3)cc2)cc1. The number of benzene rings is 3. The molecule has 2 amide bonds. The number of Topliss-reactive ketones (excluding diaryl/α,β-unsaturated/α-hetero) is 1. The number of hydrogen-bond acceptors (Lipinski definition) is 5. The average molecular weight is 456 g/mol. The van der Waals surface area contributed by atoms with Crippen LogP contribution in [0.4, 0.5) is 4.79 Å². The Labute approximate surface area is 197 Å². The fraction of sp³-hybridized carbons (Fsp3) is 0.148. The van der Waals surface area contributed by atoms with Crippen LogP contribution < -0.4 is 15.4 Å². The minimum Gasteiger partial charge on any atom is -0.489 e. The third-order valence-electron chi connectivity index (χ3n) is 5.54. The van der Waals surface area contributed by atoms with Crippen LogP contribution in [0.3, 0.4) is 0 Å². The van der Waals surface area contributed by atoms with E-state index >= 15 is 0 Å². The Kier molecular flexibility index (Phi) is 6.73. The van der Waals surface area contributed by atoms with E-state index in [1.54, 1.807) is 55.5 Å². The molecule has 0 aliphatic carbocycles. The molecule has 1 aliphatic heterocycles. The summed E-state index contributed by atoms with van der Waals surface area (Å²) in [6.45, 7) is 2.05. The summed E-state index contributed by atoms with van der Waals surface area (Å²) in [5.74, 6) is 0.103. The number of methoxy groups -OCH3 is 1. The highest BCUT2D eigenvalue weighted by atomic mass is 16.5. The highest BCUT2D eigenvalue weighted by Gasteiger charge is 2.31. The summed E-state index contributed by atoms with van der Waals surface area (Å²) < 4.78 is 10.6. The molecule has 0 spiro atoms. The summed E-state index contributed by atoms with van der Waals surface area (Å²) in [5.41, 5.74) is 3.71. The standard InChI is InChI=1S/C27H24N2O5/c1-17-23(25(30)20-6-4-3-5-7-20)24(29-27(32)28-17)19-12-14-22(15-13-19)34-16-18-8-10-21(11-9-18)26(31)33-2/h3-15,24H,16H2,1-2H3,(H2,28,29,32)/t24-/m0/s1. The number of nitrogens with one attached hydrogen (secondary N) is 2. The Balaban J connectivity index is 1.49. The van der Waals surface area contributed by atoms with Gasteiger partial charge in [0.15, 0.2) is 5.78 Å². The zero-order valence-electron chi connectivity index (χ0n) is 18.8. The second-order valence-corrected chi connectivity index (χ2v) is 7.81. The Morgan fingerprint density at radius 2 is 1.56 bits per heavy atom. The summed E-state index contributed by atoms with van der Waals surface area (Å²) in [6.07, 6.45) is 0. The first kappa shape index (κ1) is 22.8. The van der Waals surface area contributed by atoms with Crippen LogP contribution in [0, 0.1) is 0 Å². The van der Waals surface area contributed by atoms with Crippen molar-refractivity contribution in [3.63, 3.8) is 0 Å². The van der Waals surface area contributed by atoms with Gasteiger partial charge in [-0.05, 0) is 42.3 Å². The minimum atomic E-state index is -0.582. The van der Waals surface area contributed by atoms with Crippen LogP contribution in [-0.2, 0) is 11.3 Å². The average Bonchev–Trinajstić information content (AvgIpc) is 2.87. The fourth-order valence-corrected chi connectivity index (χ4v) is 3.77. The van der Waals surface area contributed by atoms with E-state index in [9.17, 15) is 14.4 Å². The van der Waals surface area contributed by atoms with Crippen LogP contribution in [0.25, 0.3) is 0 Å². The summed E-state index contributed by atoms with van der Waals surface area (Å²) in [4.78, 5) is 36.9. The first-order chi connectivity index (χ1) is 16.5. The molecule has 34 heavy (non-hydrogen) atoms. The monoisotopic (exact) mass is 456 g/mol. The molecule has 1 atom stereocenters. The summed E-state index contributed by atoms with van der Waals surface area (Å²) >= 11 is 0. The van der Waals surface area contributed by atoms with Crippen LogP contribution in [0.15, 0.2) is 90.1 Å². The molecule has 0 saturated heterocycles. The highest BCUT2D eigenvalue weighted by molar-refractivity contribution is 6.11. The molecule has 0 fully saturated rings. The number of ether oxygens (including phenoxy) is 2. The fourth-order valence-electron chi connectivity index (χ4n) is 3.77. The molecule has 3 aromatic carbocycles. The van der Waals surface area contributed by atoms with Gasteiger partial charge >= 0.3 is 12.0 Å². The van der Waals surface area contributed by atoms with Crippen LogP contribution in [-0.4, -0.2) is 24.9 Å². The zero-order valence-corrected chi connectivity index (χ0v) is 18.8. The minimum absolute atomic E-state index is 0.147. The van der Waals surface area contributed by atoms with Crippen molar-refractivity contribution in [3.05, 3.63) is 112 Å². The maximum Gasteiger partial charge on any atom is 0.337 e. The van der Waals surface area contributed by atoms with Gasteiger partial charge in [0.05, 0.1) is 18.7 Å². The van der Waals surface area contributed by atoms with Crippen molar-refractivity contribution in [1.82, 2.24) is 10.6 Å². The van der Waals surface area contributed by atoms with Gasteiger partial charge in [-0.25, -0.2) is 9.59 Å². The molecule has 3 aromatic rings. The molecular weight excluding hydrogens is 432 g/mol. The first-order valence-electron chi connectivity index (χ1n) is 10.7. The van der Waals surface area contributed by atoms with Gasteiger partial charge < -0.3 is 20.1 Å². The Morgan fingerprint density at radius 3 is 2.21 bits per heavy atom. The maximum atomic E-state index is 13.2. The lowest BCUT2D eigenvalue weighted by Gasteiger charge is -2.28. The van der Waals surface area contributed by atoms with Crippen LogP contribution >= 0.6 is 0 Å². The predicted octanol–water partition coefficient (Wildman–Crippen LogP) is 4.56. The summed E-state index contributed by atoms with van der Waals surface area (Å²) in [7, 11) is 1.34. The molecule has 172 valence electrons. The van der Waals surface area contributed by atoms with Gasteiger partial charge in [0.1, 0.15) is 12.4 Å². The number of carbonyl (C=O) groups is 3. The highest BCUT2D eigenvalue weighted by Crippen LogP contribution is 2.30. The third-order valence-corrected chi connectivity index (χ3v) is 5.54. The Hall–Kier alpha value is -4.39. The molecular formula is C27H24N2O5. The molecule has 0 radical (unpaired) electrons. The second kappa shape index (κ2) is 10.0. The molecule has 7 nitrogen and oxygen atoms in total. The maximum absolute atomic E-state index is 13.2. The number of carbonyl (C=O) groups excluding carboxylic acids is 3. The van der Waals surface area contributed by atoms with Crippen LogP contribution in [0.5, 0.6) is 5.75 Å². The zero-order chi connectivity index (χ0) is 24.1. The van der Waals surface area contributed by atoms with E-state index in [0.29, 0.717) is 34.8 Å². The molecule has 4 rings (SSSR count). The van der Waals surface area contributed by atoms with E-state index in [-0.39, 0.29) is 17.8 Å². The molecule has 2 N–H and O–H groups in total. The van der Waals surface area contributed by atoms with Crippen molar-refractivity contribution in [1.29, 1.82) is 0 Å². The van der Waals surface area contributed by atoms with Gasteiger partial charge in [0.2, 0.25) is 0 Å². The molecule has 0 aromatic heterocycles. The number of rotatable bonds is 7. The van der Waals surface area contributed by atoms with Gasteiger partial charge in [-0.1, -0.05) is 54.6 Å². The number of esters is 1. The van der Waals surface area contributed by atoms with Crippen molar-refractivity contribution >= 4 is 17.8 Å². The smallest absolute Gasteiger partial charge is 0.337 e. The molecule has 0 unspecified atom stereocenters. The van der Waals surface area contributed by atoms with Crippen molar-refractivity contribution in [3.8, 4) is 5.75 Å². The molecule has 7 heteroatoms. The molecule has 1 aliphatic rings. The largest absolute Gasteiger partial charge is 0.489 e. The van der Waals surface area contributed by atoms with Gasteiger partial charge in [0.25, 0.3) is 0 Å². The van der Waals surface area contributed by atoms with Gasteiger partial charge in [-0.15, -0.1) is 0 Å². The number of hydrogen-bond donors (Lipinski definition) is 2. The first-order valence-corrected chi connectivity index (χ1v) is 10.7. The van der Waals surface area contributed by atoms with Crippen LogP contribution in [0.1, 0.15) is 44.8 Å². The van der Waals surface area contributed by atoms with Crippen molar-refractivity contribution in [2.24, 2.45) is 0 Å². The Bertz CT molecular complexity index is 1230. The third kappa shape index (κ3) is 4.99. The lowest BCUT2D eigenvalue weighted by atomic mass is 9.89. The Morgan fingerprint density at radius 1 is 0.882 bits per heavy atom. The lowest BCUT2D eigenvalue weighted by molar-refractivity contribution is 0.0600. The van der Waals surface area contributed by atoms with Crippen LogP contribution in [0.2, 0.25) is 0 Å². The number of allylic oxidation sites excluding steroid dienone is 1. The van der Waals surface area contributed by atoms with E-state index in [0.717, 1.165) is 11.1 Å². The topological polar surface area (TPSA) is 93.7 Å². The molecule has 0 bridgehead atoms. The number of urea groups is 1. The number of ketones is 1. The second-order valence-electron chi connectivity index (χ2n) is 7.81. The van der Waals surface area contributed by atoms with Gasteiger partial charge in [0, 0.05) is 16.8 Å². The quantitative estimate of drug-likeness (QED) is 0.402. The normalized spacial score (nSPS) is 15.2. The molecule has 1 heterocycles. The molecule has 0 saturated carbocycles. The predicted molar refractivity (Wildman–Crippen MR) is 126 cm³/mol. The lowest BCUT2D eigenvalue weighted by Crippen LogP contribution is -2.45. The summed E-state index contributed by atoms with van der Waals surface area (Å²) in [5, 5.41) is 5.55. The van der Waals surface area contributed by atoms with Crippen molar-refractivity contribution in [2.75, 3.05) is 7.11 Å². The van der Waals surface area contributed by atoms with E-state index < -0.39 is 6.04 Å². The van der Waals surface area contributed by atoms with E-state index in [4.69, 9.17) is 9.47 Å². The van der Waals surface area contributed by atoms with E-state index in [2.05, 4.69) is 10.6 Å². The number of amides is 2. The van der Waals surface area contributed by atoms with Gasteiger partial charge in [-0.3, -0.25) is 4.79 Å². The summed E-state index contributed by atoms with van der Waals surface area (Å²) in [6, 6.07) is 22.3. The van der Waals surface area contributed by atoms with Gasteiger partial charge in [-0.2, -0.15) is 0 Å². The van der Waals surface area contributed by atoms with E-state index in [1.165, 1.54) is 7.11 Å².